The molecular weight excluding hydrogens is 316 g/mol. The molecule has 6 nitrogen and oxygen atoms in total. The summed E-state index contributed by atoms with van der Waals surface area (Å²) in [5.74, 6) is 0.752. The van der Waals surface area contributed by atoms with Gasteiger partial charge in [0.15, 0.2) is 0 Å². The molecule has 3 aromatic rings. The number of ether oxygens (including phenoxy) is 2. The maximum Gasteiger partial charge on any atom is 0.244 e. The maximum atomic E-state index is 9.74. The van der Waals surface area contributed by atoms with Gasteiger partial charge >= 0.3 is 0 Å². The maximum absolute atomic E-state index is 9.74. The number of nitrogens with zero attached hydrogens (tertiary/aromatic N) is 2. The number of aromatic nitrogens is 2. The van der Waals surface area contributed by atoms with Crippen LogP contribution >= 0.6 is 0 Å². The molecule has 4 rings (SSSR count). The highest BCUT2D eigenvalue weighted by Crippen LogP contribution is 2.47. The highest BCUT2D eigenvalue weighted by Gasteiger charge is 2.36. The van der Waals surface area contributed by atoms with Gasteiger partial charge in [-0.2, -0.15) is 5.26 Å². The third kappa shape index (κ3) is 2.13. The first kappa shape index (κ1) is 15.1. The van der Waals surface area contributed by atoms with E-state index in [0.717, 1.165) is 27.6 Å². The topological polar surface area (TPSA) is 96.9 Å². The lowest BCUT2D eigenvalue weighted by Crippen LogP contribution is -2.21. The van der Waals surface area contributed by atoms with Crippen LogP contribution in [0.2, 0.25) is 0 Å². The summed E-state index contributed by atoms with van der Waals surface area (Å²) in [5, 5.41) is 18.9. The zero-order valence-corrected chi connectivity index (χ0v) is 13.8. The zero-order valence-electron chi connectivity index (χ0n) is 13.8. The van der Waals surface area contributed by atoms with Crippen LogP contribution in [0.25, 0.3) is 10.8 Å². The molecule has 0 bridgehead atoms. The van der Waals surface area contributed by atoms with Crippen molar-refractivity contribution in [3.05, 3.63) is 64.7 Å². The van der Waals surface area contributed by atoms with E-state index in [1.54, 1.807) is 7.11 Å². The molecule has 3 N–H and O–H groups in total. The highest BCUT2D eigenvalue weighted by atomic mass is 16.5. The van der Waals surface area contributed by atoms with E-state index < -0.39 is 5.92 Å². The highest BCUT2D eigenvalue weighted by molar-refractivity contribution is 5.90. The smallest absolute Gasteiger partial charge is 0.244 e. The molecule has 6 heteroatoms. The Labute approximate surface area is 144 Å². The van der Waals surface area contributed by atoms with Crippen LogP contribution in [0.15, 0.2) is 47.9 Å². The van der Waals surface area contributed by atoms with E-state index in [1.807, 2.05) is 43.3 Å². The van der Waals surface area contributed by atoms with Crippen LogP contribution in [0.1, 0.15) is 22.7 Å². The SMILES string of the molecule is COc1ccc2ccccc2c1[C@@H]1C(C#N)=C(N)Oc2n[nH]c(C)c21. The summed E-state index contributed by atoms with van der Waals surface area (Å²) >= 11 is 0. The first-order valence-corrected chi connectivity index (χ1v) is 7.83. The normalized spacial score (nSPS) is 16.3. The van der Waals surface area contributed by atoms with Gasteiger partial charge in [0.05, 0.1) is 13.0 Å². The first-order chi connectivity index (χ1) is 12.2. The molecule has 0 radical (unpaired) electrons. The molecule has 0 fully saturated rings. The minimum atomic E-state index is -0.409. The van der Waals surface area contributed by atoms with Crippen LogP contribution in [0.5, 0.6) is 11.6 Å². The van der Waals surface area contributed by atoms with Crippen molar-refractivity contribution in [1.29, 1.82) is 5.26 Å². The van der Waals surface area contributed by atoms with Crippen molar-refractivity contribution in [2.45, 2.75) is 12.8 Å². The Morgan fingerprint density at radius 2 is 2.04 bits per heavy atom. The van der Waals surface area contributed by atoms with E-state index in [4.69, 9.17) is 15.2 Å². The molecule has 2 heterocycles. The molecule has 0 spiro atoms. The fourth-order valence-corrected chi connectivity index (χ4v) is 3.44. The third-order valence-corrected chi connectivity index (χ3v) is 4.57. The van der Waals surface area contributed by atoms with Crippen molar-refractivity contribution in [3.63, 3.8) is 0 Å². The second-order valence-electron chi connectivity index (χ2n) is 5.89. The molecule has 0 aliphatic carbocycles. The molecule has 0 amide bonds. The van der Waals surface area contributed by atoms with Crippen molar-refractivity contribution in [3.8, 4) is 17.7 Å². The number of aromatic amines is 1. The average Bonchev–Trinajstić information content (AvgIpc) is 3.00. The Balaban J connectivity index is 2.12. The summed E-state index contributed by atoms with van der Waals surface area (Å²) in [4.78, 5) is 0. The molecule has 25 heavy (non-hydrogen) atoms. The number of methoxy groups -OCH3 is 1. The first-order valence-electron chi connectivity index (χ1n) is 7.83. The predicted molar refractivity (Wildman–Crippen MR) is 93.1 cm³/mol. The third-order valence-electron chi connectivity index (χ3n) is 4.57. The van der Waals surface area contributed by atoms with Gasteiger partial charge in [-0.15, -0.1) is 5.10 Å². The van der Waals surface area contributed by atoms with Gasteiger partial charge in [-0.3, -0.25) is 5.10 Å². The van der Waals surface area contributed by atoms with Crippen LogP contribution in [-0.4, -0.2) is 17.3 Å². The van der Waals surface area contributed by atoms with Crippen molar-refractivity contribution >= 4 is 10.8 Å². The summed E-state index contributed by atoms with van der Waals surface area (Å²) in [7, 11) is 1.62. The number of fused-ring (bicyclic) bond motifs is 2. The van der Waals surface area contributed by atoms with Gasteiger partial charge in [-0.1, -0.05) is 30.3 Å². The number of aryl methyl sites for hydroxylation is 1. The summed E-state index contributed by atoms with van der Waals surface area (Å²) in [6.45, 7) is 1.90. The van der Waals surface area contributed by atoms with Gasteiger partial charge in [0.1, 0.15) is 17.4 Å². The standard InChI is InChI=1S/C19H16N4O2/c1-10-15-17(13(9-20)18(21)25-19(15)23-22-10)16-12-6-4-3-5-11(12)7-8-14(16)24-2/h3-8,17H,21H2,1-2H3,(H,22,23)/t17-/m1/s1. The van der Waals surface area contributed by atoms with Crippen molar-refractivity contribution < 1.29 is 9.47 Å². The van der Waals surface area contributed by atoms with E-state index in [-0.39, 0.29) is 5.88 Å². The minimum Gasteiger partial charge on any atom is -0.496 e. The van der Waals surface area contributed by atoms with Crippen LogP contribution < -0.4 is 15.2 Å². The van der Waals surface area contributed by atoms with Gasteiger partial charge in [-0.25, -0.2) is 0 Å². The predicted octanol–water partition coefficient (Wildman–Crippen LogP) is 3.10. The number of nitriles is 1. The Morgan fingerprint density at radius 3 is 2.80 bits per heavy atom. The number of allylic oxidation sites excluding steroid dienone is 1. The number of nitrogens with two attached hydrogens (primary N) is 1. The van der Waals surface area contributed by atoms with E-state index in [0.29, 0.717) is 17.2 Å². The lowest BCUT2D eigenvalue weighted by molar-refractivity contribution is 0.375. The monoisotopic (exact) mass is 332 g/mol. The van der Waals surface area contributed by atoms with Gasteiger partial charge < -0.3 is 15.2 Å². The Hall–Kier alpha value is -3.46. The zero-order chi connectivity index (χ0) is 17.6. The summed E-state index contributed by atoms with van der Waals surface area (Å²) < 4.78 is 11.2. The molecule has 0 saturated carbocycles. The summed E-state index contributed by atoms with van der Waals surface area (Å²) in [5.41, 5.74) is 8.89. The van der Waals surface area contributed by atoms with E-state index in [1.165, 1.54) is 0 Å². The molecule has 1 aliphatic rings. The number of H-pyrrole nitrogens is 1. The van der Waals surface area contributed by atoms with Crippen LogP contribution in [0.4, 0.5) is 0 Å². The lowest BCUT2D eigenvalue weighted by atomic mass is 9.81. The Bertz CT molecular complexity index is 1060. The van der Waals surface area contributed by atoms with E-state index >= 15 is 0 Å². The lowest BCUT2D eigenvalue weighted by Gasteiger charge is -2.26. The fraction of sp³-hybridized carbons (Fsp3) is 0.158. The average molecular weight is 332 g/mol. The van der Waals surface area contributed by atoms with Crippen molar-refractivity contribution in [2.75, 3.05) is 7.11 Å². The van der Waals surface area contributed by atoms with Gasteiger partial charge in [0, 0.05) is 16.8 Å². The van der Waals surface area contributed by atoms with Gasteiger partial charge in [0.2, 0.25) is 11.8 Å². The minimum absolute atomic E-state index is 0.0708. The largest absolute Gasteiger partial charge is 0.496 e. The number of hydrogen-bond acceptors (Lipinski definition) is 5. The van der Waals surface area contributed by atoms with Gasteiger partial charge in [-0.05, 0) is 23.8 Å². The van der Waals surface area contributed by atoms with Crippen LogP contribution in [0, 0.1) is 18.3 Å². The van der Waals surface area contributed by atoms with Crippen LogP contribution in [-0.2, 0) is 0 Å². The number of benzene rings is 2. The molecular formula is C19H16N4O2. The van der Waals surface area contributed by atoms with Crippen LogP contribution in [0.3, 0.4) is 0 Å². The number of rotatable bonds is 2. The Morgan fingerprint density at radius 1 is 1.24 bits per heavy atom. The van der Waals surface area contributed by atoms with Crippen molar-refractivity contribution in [2.24, 2.45) is 5.73 Å². The van der Waals surface area contributed by atoms with Gasteiger partial charge in [0.25, 0.3) is 0 Å². The molecule has 124 valence electrons. The summed E-state index contributed by atoms with van der Waals surface area (Å²) in [6, 6.07) is 14.1. The number of hydrogen-bond donors (Lipinski definition) is 2. The number of nitrogens with one attached hydrogen (secondary N) is 1. The second-order valence-corrected chi connectivity index (χ2v) is 5.89. The van der Waals surface area contributed by atoms with E-state index in [2.05, 4.69) is 16.3 Å². The molecule has 0 unspecified atom stereocenters. The molecule has 1 atom stereocenters. The molecule has 2 aromatic carbocycles. The molecule has 1 aliphatic heterocycles. The second kappa shape index (κ2) is 5.56. The molecule has 1 aromatic heterocycles. The van der Waals surface area contributed by atoms with E-state index in [9.17, 15) is 5.26 Å². The Kier molecular flexibility index (Phi) is 3.36. The quantitative estimate of drug-likeness (QED) is 0.751. The van der Waals surface area contributed by atoms with Crippen molar-refractivity contribution in [1.82, 2.24) is 10.2 Å². The fourth-order valence-electron chi connectivity index (χ4n) is 3.44. The summed E-state index contributed by atoms with van der Waals surface area (Å²) in [6.07, 6.45) is 0. The molecule has 0 saturated heterocycles.